The first-order valence-corrected chi connectivity index (χ1v) is 4.25. The van der Waals surface area contributed by atoms with E-state index < -0.39 is 0 Å². The van der Waals surface area contributed by atoms with Gasteiger partial charge in [-0.25, -0.2) is 0 Å². The van der Waals surface area contributed by atoms with Crippen LogP contribution in [0, 0.1) is 0 Å². The first-order valence-electron chi connectivity index (χ1n) is 3.84. The Hall–Kier alpha value is -1.35. The molecular weight excluding hydrogens is 182 g/mol. The molecule has 2 nitrogen and oxygen atoms in total. The van der Waals surface area contributed by atoms with Crippen molar-refractivity contribution in [1.82, 2.24) is 0 Å². The lowest BCUT2D eigenvalue weighted by Gasteiger charge is -2.02. The Balaban J connectivity index is 2.93. The first-order chi connectivity index (χ1) is 6.24. The molecule has 1 rings (SSSR count). The third kappa shape index (κ3) is 2.87. The van der Waals surface area contributed by atoms with Crippen molar-refractivity contribution in [3.05, 3.63) is 35.9 Å². The van der Waals surface area contributed by atoms with Crippen LogP contribution < -0.4 is 10.5 Å². The van der Waals surface area contributed by atoms with Gasteiger partial charge in [0.25, 0.3) is 0 Å². The fourth-order valence-corrected chi connectivity index (χ4v) is 1.04. The highest BCUT2D eigenvalue weighted by Gasteiger charge is 1.95. The summed E-state index contributed by atoms with van der Waals surface area (Å²) in [7, 11) is 1.63. The quantitative estimate of drug-likeness (QED) is 0.589. The van der Waals surface area contributed by atoms with Crippen LogP contribution in [0.1, 0.15) is 5.56 Å². The van der Waals surface area contributed by atoms with Crippen LogP contribution in [0.15, 0.2) is 30.3 Å². The number of hydrogen-bond acceptors (Lipinski definition) is 2. The maximum absolute atomic E-state index is 5.34. The molecule has 0 saturated heterocycles. The number of ether oxygens (including phenoxy) is 1. The fourth-order valence-electron chi connectivity index (χ4n) is 0.976. The van der Waals surface area contributed by atoms with Crippen LogP contribution in [-0.4, -0.2) is 12.1 Å². The highest BCUT2D eigenvalue weighted by Crippen LogP contribution is 2.18. The van der Waals surface area contributed by atoms with Crippen LogP contribution in [0.5, 0.6) is 5.75 Å². The van der Waals surface area contributed by atoms with Crippen molar-refractivity contribution in [3.8, 4) is 5.75 Å². The van der Waals surface area contributed by atoms with Gasteiger partial charge in [-0.15, -0.1) is 0 Å². The number of nitrogens with two attached hydrogens (primary N) is 1. The van der Waals surface area contributed by atoms with Crippen LogP contribution in [0.2, 0.25) is 0 Å². The average Bonchev–Trinajstić information content (AvgIpc) is 2.15. The minimum Gasteiger partial charge on any atom is -0.496 e. The summed E-state index contributed by atoms with van der Waals surface area (Å²) in [5, 5.41) is 0. The highest BCUT2D eigenvalue weighted by molar-refractivity contribution is 7.80. The molecule has 13 heavy (non-hydrogen) atoms. The minimum absolute atomic E-state index is 0.367. The molecule has 0 radical (unpaired) electrons. The van der Waals surface area contributed by atoms with Gasteiger partial charge in [0, 0.05) is 5.56 Å². The van der Waals surface area contributed by atoms with Crippen molar-refractivity contribution in [2.45, 2.75) is 0 Å². The second-order valence-electron chi connectivity index (χ2n) is 2.48. The number of hydrogen-bond donors (Lipinski definition) is 1. The Morgan fingerprint density at radius 3 is 2.77 bits per heavy atom. The van der Waals surface area contributed by atoms with E-state index in [0.717, 1.165) is 11.3 Å². The van der Waals surface area contributed by atoms with Gasteiger partial charge < -0.3 is 10.5 Å². The normalized spacial score (nSPS) is 10.2. The Morgan fingerprint density at radius 1 is 1.46 bits per heavy atom. The maximum Gasteiger partial charge on any atom is 0.126 e. The van der Waals surface area contributed by atoms with E-state index in [0.29, 0.717) is 4.99 Å². The second kappa shape index (κ2) is 4.62. The Kier molecular flexibility index (Phi) is 3.46. The first kappa shape index (κ1) is 9.74. The van der Waals surface area contributed by atoms with Crippen LogP contribution in [0.4, 0.5) is 0 Å². The molecular formula is C10H11NOS. The molecule has 0 aliphatic rings. The SMILES string of the molecule is COc1ccccc1/C=C/C(N)=S. The van der Waals surface area contributed by atoms with Crippen molar-refractivity contribution in [1.29, 1.82) is 0 Å². The predicted molar refractivity (Wildman–Crippen MR) is 58.8 cm³/mol. The molecule has 0 spiro atoms. The third-order valence-corrected chi connectivity index (χ3v) is 1.70. The van der Waals surface area contributed by atoms with E-state index in [2.05, 4.69) is 0 Å². The molecule has 0 bridgehead atoms. The van der Waals surface area contributed by atoms with Gasteiger partial charge in [0.15, 0.2) is 0 Å². The average molecular weight is 193 g/mol. The van der Waals surface area contributed by atoms with E-state index >= 15 is 0 Å². The molecule has 68 valence electrons. The molecule has 3 heteroatoms. The lowest BCUT2D eigenvalue weighted by atomic mass is 10.2. The van der Waals surface area contributed by atoms with Gasteiger partial charge in [0.05, 0.1) is 12.1 Å². The summed E-state index contributed by atoms with van der Waals surface area (Å²) < 4.78 is 5.14. The topological polar surface area (TPSA) is 35.2 Å². The monoisotopic (exact) mass is 193 g/mol. The predicted octanol–water partition coefficient (Wildman–Crippen LogP) is 1.99. The molecule has 1 aromatic rings. The van der Waals surface area contributed by atoms with Gasteiger partial charge in [-0.1, -0.05) is 30.4 Å². The van der Waals surface area contributed by atoms with Gasteiger partial charge in [-0.2, -0.15) is 0 Å². The molecule has 0 heterocycles. The Bertz CT molecular complexity index is 333. The molecule has 0 atom stereocenters. The minimum atomic E-state index is 0.367. The van der Waals surface area contributed by atoms with E-state index in [9.17, 15) is 0 Å². The van der Waals surface area contributed by atoms with Crippen LogP contribution in [0.3, 0.4) is 0 Å². The van der Waals surface area contributed by atoms with Gasteiger partial charge in [0.2, 0.25) is 0 Å². The van der Waals surface area contributed by atoms with Crippen molar-refractivity contribution in [2.24, 2.45) is 5.73 Å². The number of benzene rings is 1. The maximum atomic E-state index is 5.34. The summed E-state index contributed by atoms with van der Waals surface area (Å²) in [4.78, 5) is 0.367. The molecule has 0 aromatic heterocycles. The zero-order chi connectivity index (χ0) is 9.68. The molecule has 1 aromatic carbocycles. The Morgan fingerprint density at radius 2 is 2.15 bits per heavy atom. The number of para-hydroxylation sites is 1. The lowest BCUT2D eigenvalue weighted by molar-refractivity contribution is 0.414. The number of methoxy groups -OCH3 is 1. The van der Waals surface area contributed by atoms with E-state index in [-0.39, 0.29) is 0 Å². The van der Waals surface area contributed by atoms with Crippen LogP contribution >= 0.6 is 12.2 Å². The summed E-state index contributed by atoms with van der Waals surface area (Å²) in [6.45, 7) is 0. The standard InChI is InChI=1S/C10H11NOS/c1-12-9-5-3-2-4-8(9)6-7-10(11)13/h2-7H,1H3,(H2,11,13)/b7-6+. The summed E-state index contributed by atoms with van der Waals surface area (Å²) in [5.41, 5.74) is 6.31. The zero-order valence-electron chi connectivity index (χ0n) is 7.36. The summed E-state index contributed by atoms with van der Waals surface area (Å²) in [5.74, 6) is 0.815. The highest BCUT2D eigenvalue weighted by atomic mass is 32.1. The molecule has 0 fully saturated rings. The summed E-state index contributed by atoms with van der Waals surface area (Å²) in [6, 6.07) is 7.67. The van der Waals surface area contributed by atoms with Crippen LogP contribution in [0.25, 0.3) is 6.08 Å². The van der Waals surface area contributed by atoms with Crippen molar-refractivity contribution in [2.75, 3.05) is 7.11 Å². The number of thiocarbonyl (C=S) groups is 1. The molecule has 0 amide bonds. The molecule has 0 unspecified atom stereocenters. The third-order valence-electron chi connectivity index (χ3n) is 1.57. The largest absolute Gasteiger partial charge is 0.496 e. The zero-order valence-corrected chi connectivity index (χ0v) is 8.17. The van der Waals surface area contributed by atoms with E-state index in [1.807, 2.05) is 30.3 Å². The van der Waals surface area contributed by atoms with Crippen molar-refractivity contribution in [3.63, 3.8) is 0 Å². The van der Waals surface area contributed by atoms with Crippen molar-refractivity contribution >= 4 is 23.3 Å². The number of rotatable bonds is 3. The van der Waals surface area contributed by atoms with Gasteiger partial charge in [-0.3, -0.25) is 0 Å². The van der Waals surface area contributed by atoms with Crippen molar-refractivity contribution < 1.29 is 4.74 Å². The second-order valence-corrected chi connectivity index (χ2v) is 2.95. The molecule has 2 N–H and O–H groups in total. The molecule has 0 aliphatic heterocycles. The van der Waals surface area contributed by atoms with Gasteiger partial charge in [0.1, 0.15) is 5.75 Å². The van der Waals surface area contributed by atoms with E-state index in [1.54, 1.807) is 13.2 Å². The van der Waals surface area contributed by atoms with Gasteiger partial charge in [-0.05, 0) is 18.2 Å². The van der Waals surface area contributed by atoms with E-state index in [1.165, 1.54) is 0 Å². The summed E-state index contributed by atoms with van der Waals surface area (Å²) in [6.07, 6.45) is 3.51. The Labute approximate surface area is 83.0 Å². The van der Waals surface area contributed by atoms with Gasteiger partial charge >= 0.3 is 0 Å². The van der Waals surface area contributed by atoms with E-state index in [4.69, 9.17) is 22.7 Å². The summed E-state index contributed by atoms with van der Waals surface area (Å²) >= 11 is 4.72. The fraction of sp³-hybridized carbons (Fsp3) is 0.100. The molecule has 0 aliphatic carbocycles. The molecule has 0 saturated carbocycles. The lowest BCUT2D eigenvalue weighted by Crippen LogP contribution is -2.02. The van der Waals surface area contributed by atoms with Crippen LogP contribution in [-0.2, 0) is 0 Å². The smallest absolute Gasteiger partial charge is 0.126 e.